The standard InChI is InChI=1S/C16H18O/c1-2-11-10-12-6-5-9-15(17)16(12)14-8-4-3-7-13(11)14/h2-4,7-8,11-12,16H,1,5-6,9-10H2/t11?,12-,16+/m0/s1. The Labute approximate surface area is 103 Å². The molecule has 1 aromatic rings. The number of Topliss-reactive ketones (excluding diaryl/α,β-unsaturated/α-hetero) is 1. The summed E-state index contributed by atoms with van der Waals surface area (Å²) in [6.45, 7) is 3.95. The molecule has 0 aromatic heterocycles. The minimum Gasteiger partial charge on any atom is -0.299 e. The Hall–Kier alpha value is -1.37. The van der Waals surface area contributed by atoms with Crippen LogP contribution in [0, 0.1) is 5.92 Å². The number of carbonyl (C=O) groups is 1. The van der Waals surface area contributed by atoms with Gasteiger partial charge in [-0.1, -0.05) is 30.3 Å². The third-order valence-corrected chi connectivity index (χ3v) is 4.39. The topological polar surface area (TPSA) is 17.1 Å². The summed E-state index contributed by atoms with van der Waals surface area (Å²) in [4.78, 5) is 12.2. The Balaban J connectivity index is 2.10. The molecule has 1 saturated carbocycles. The van der Waals surface area contributed by atoms with Crippen LogP contribution in [0.4, 0.5) is 0 Å². The molecule has 2 aliphatic rings. The molecule has 2 aliphatic carbocycles. The summed E-state index contributed by atoms with van der Waals surface area (Å²) < 4.78 is 0. The number of allylic oxidation sites excluding steroid dienone is 1. The lowest BCUT2D eigenvalue weighted by Crippen LogP contribution is -2.32. The van der Waals surface area contributed by atoms with Gasteiger partial charge in [-0.05, 0) is 36.3 Å². The van der Waals surface area contributed by atoms with Crippen LogP contribution >= 0.6 is 0 Å². The molecule has 0 spiro atoms. The van der Waals surface area contributed by atoms with E-state index in [4.69, 9.17) is 0 Å². The van der Waals surface area contributed by atoms with Crippen molar-refractivity contribution in [2.45, 2.75) is 37.5 Å². The number of benzene rings is 1. The number of carbonyl (C=O) groups excluding carboxylic acids is 1. The van der Waals surface area contributed by atoms with Gasteiger partial charge in [0.15, 0.2) is 0 Å². The molecule has 0 saturated heterocycles. The number of rotatable bonds is 1. The number of fused-ring (bicyclic) bond motifs is 3. The van der Waals surface area contributed by atoms with E-state index in [-0.39, 0.29) is 5.92 Å². The number of hydrogen-bond donors (Lipinski definition) is 0. The summed E-state index contributed by atoms with van der Waals surface area (Å²) in [5.74, 6) is 1.62. The van der Waals surface area contributed by atoms with Crippen LogP contribution in [0.15, 0.2) is 36.9 Å². The first-order valence-corrected chi connectivity index (χ1v) is 6.55. The van der Waals surface area contributed by atoms with E-state index in [0.29, 0.717) is 17.6 Å². The third kappa shape index (κ3) is 1.65. The van der Waals surface area contributed by atoms with Crippen LogP contribution in [-0.2, 0) is 4.79 Å². The molecule has 0 N–H and O–H groups in total. The Morgan fingerprint density at radius 2 is 2.00 bits per heavy atom. The van der Waals surface area contributed by atoms with Crippen molar-refractivity contribution in [3.05, 3.63) is 48.0 Å². The maximum absolute atomic E-state index is 12.2. The highest BCUT2D eigenvalue weighted by Crippen LogP contribution is 2.47. The normalized spacial score (nSPS) is 31.5. The minimum absolute atomic E-state index is 0.177. The fraction of sp³-hybridized carbons (Fsp3) is 0.438. The molecular formula is C16H18O. The van der Waals surface area contributed by atoms with Gasteiger partial charge in [-0.2, -0.15) is 0 Å². The molecule has 1 heteroatoms. The zero-order chi connectivity index (χ0) is 11.8. The van der Waals surface area contributed by atoms with E-state index >= 15 is 0 Å². The van der Waals surface area contributed by atoms with Crippen molar-refractivity contribution in [3.63, 3.8) is 0 Å². The monoisotopic (exact) mass is 226 g/mol. The maximum Gasteiger partial charge on any atom is 0.140 e. The first-order chi connectivity index (χ1) is 8.31. The van der Waals surface area contributed by atoms with Crippen molar-refractivity contribution in [2.24, 2.45) is 5.92 Å². The first-order valence-electron chi connectivity index (χ1n) is 6.55. The second-order valence-electron chi connectivity index (χ2n) is 5.30. The Morgan fingerprint density at radius 1 is 1.24 bits per heavy atom. The van der Waals surface area contributed by atoms with Crippen LogP contribution in [0.25, 0.3) is 0 Å². The summed E-state index contributed by atoms with van der Waals surface area (Å²) in [7, 11) is 0. The van der Waals surface area contributed by atoms with Crippen molar-refractivity contribution in [1.29, 1.82) is 0 Å². The molecule has 0 aliphatic heterocycles. The van der Waals surface area contributed by atoms with E-state index in [0.717, 1.165) is 19.3 Å². The molecule has 88 valence electrons. The molecule has 0 radical (unpaired) electrons. The molecule has 1 aromatic carbocycles. The highest BCUT2D eigenvalue weighted by atomic mass is 16.1. The van der Waals surface area contributed by atoms with Gasteiger partial charge in [0, 0.05) is 18.3 Å². The first kappa shape index (κ1) is 10.8. The molecule has 17 heavy (non-hydrogen) atoms. The van der Waals surface area contributed by atoms with Gasteiger partial charge in [-0.25, -0.2) is 0 Å². The Bertz CT molecular complexity index is 460. The number of ketones is 1. The van der Waals surface area contributed by atoms with Gasteiger partial charge in [-0.15, -0.1) is 6.58 Å². The van der Waals surface area contributed by atoms with Gasteiger partial charge in [-0.3, -0.25) is 4.79 Å². The lowest BCUT2D eigenvalue weighted by Gasteiger charge is -2.39. The molecule has 3 atom stereocenters. The summed E-state index contributed by atoms with van der Waals surface area (Å²) in [5.41, 5.74) is 2.61. The zero-order valence-electron chi connectivity index (χ0n) is 10.1. The van der Waals surface area contributed by atoms with Crippen LogP contribution in [0.5, 0.6) is 0 Å². The van der Waals surface area contributed by atoms with Crippen LogP contribution in [0.3, 0.4) is 0 Å². The third-order valence-electron chi connectivity index (χ3n) is 4.39. The van der Waals surface area contributed by atoms with Gasteiger partial charge in [0.2, 0.25) is 0 Å². The molecule has 1 nitrogen and oxygen atoms in total. The fourth-order valence-electron chi connectivity index (χ4n) is 3.61. The smallest absolute Gasteiger partial charge is 0.140 e. The SMILES string of the molecule is C=CC1C[C@@H]2CCCC(=O)[C@H]2c2ccccc21. The van der Waals surface area contributed by atoms with Crippen LogP contribution in [-0.4, -0.2) is 5.78 Å². The average molecular weight is 226 g/mol. The van der Waals surface area contributed by atoms with Gasteiger partial charge in [0.25, 0.3) is 0 Å². The van der Waals surface area contributed by atoms with Crippen molar-refractivity contribution >= 4 is 5.78 Å². The quantitative estimate of drug-likeness (QED) is 0.665. The molecule has 1 fully saturated rings. The Morgan fingerprint density at radius 3 is 2.76 bits per heavy atom. The summed E-state index contributed by atoms with van der Waals surface area (Å²) >= 11 is 0. The molecular weight excluding hydrogens is 208 g/mol. The van der Waals surface area contributed by atoms with E-state index in [2.05, 4.69) is 30.8 Å². The van der Waals surface area contributed by atoms with Crippen LogP contribution in [0.2, 0.25) is 0 Å². The van der Waals surface area contributed by atoms with Crippen molar-refractivity contribution in [2.75, 3.05) is 0 Å². The van der Waals surface area contributed by atoms with Gasteiger partial charge >= 0.3 is 0 Å². The van der Waals surface area contributed by atoms with Gasteiger partial charge in [0.05, 0.1) is 0 Å². The van der Waals surface area contributed by atoms with E-state index < -0.39 is 0 Å². The molecule has 0 heterocycles. The maximum atomic E-state index is 12.2. The highest BCUT2D eigenvalue weighted by Gasteiger charge is 2.39. The van der Waals surface area contributed by atoms with E-state index in [1.54, 1.807) is 0 Å². The highest BCUT2D eigenvalue weighted by molar-refractivity contribution is 5.87. The predicted molar refractivity (Wildman–Crippen MR) is 69.1 cm³/mol. The predicted octanol–water partition coefficient (Wildman–Crippen LogP) is 3.81. The van der Waals surface area contributed by atoms with Crippen molar-refractivity contribution < 1.29 is 4.79 Å². The molecule has 0 amide bonds. The van der Waals surface area contributed by atoms with Crippen LogP contribution in [0.1, 0.15) is 48.6 Å². The second-order valence-corrected chi connectivity index (χ2v) is 5.30. The molecule has 3 rings (SSSR count). The fourth-order valence-corrected chi connectivity index (χ4v) is 3.61. The minimum atomic E-state index is 0.177. The summed E-state index contributed by atoms with van der Waals surface area (Å²) in [6.07, 6.45) is 6.21. The molecule has 0 bridgehead atoms. The van der Waals surface area contributed by atoms with E-state index in [1.165, 1.54) is 17.5 Å². The van der Waals surface area contributed by atoms with E-state index in [1.807, 2.05) is 6.08 Å². The van der Waals surface area contributed by atoms with E-state index in [9.17, 15) is 4.79 Å². The number of hydrogen-bond acceptors (Lipinski definition) is 1. The Kier molecular flexibility index (Phi) is 2.62. The largest absolute Gasteiger partial charge is 0.299 e. The average Bonchev–Trinajstić information content (AvgIpc) is 2.37. The van der Waals surface area contributed by atoms with Gasteiger partial charge < -0.3 is 0 Å². The molecule has 1 unspecified atom stereocenters. The summed E-state index contributed by atoms with van der Waals surface area (Å²) in [6, 6.07) is 8.44. The summed E-state index contributed by atoms with van der Waals surface area (Å²) in [5, 5.41) is 0. The lowest BCUT2D eigenvalue weighted by atomic mass is 9.64. The van der Waals surface area contributed by atoms with Gasteiger partial charge in [0.1, 0.15) is 5.78 Å². The lowest BCUT2D eigenvalue weighted by molar-refractivity contribution is -0.123. The van der Waals surface area contributed by atoms with Crippen molar-refractivity contribution in [1.82, 2.24) is 0 Å². The van der Waals surface area contributed by atoms with Crippen LogP contribution < -0.4 is 0 Å². The van der Waals surface area contributed by atoms with Crippen molar-refractivity contribution in [3.8, 4) is 0 Å². The zero-order valence-corrected chi connectivity index (χ0v) is 10.1. The second kappa shape index (κ2) is 4.14.